The molecule has 0 bridgehead atoms. The van der Waals surface area contributed by atoms with Crippen molar-refractivity contribution in [2.75, 3.05) is 10.8 Å². The average molecular weight is 465 g/mol. The van der Waals surface area contributed by atoms with E-state index in [1.807, 2.05) is 56.3 Å². The van der Waals surface area contributed by atoms with Crippen LogP contribution < -0.4 is 9.62 Å². The van der Waals surface area contributed by atoms with Crippen LogP contribution in [0, 0.1) is 19.8 Å². The van der Waals surface area contributed by atoms with Gasteiger partial charge in [0.1, 0.15) is 6.54 Å². The maximum atomic E-state index is 13.6. The number of hydrogen-bond donors (Lipinski definition) is 1. The zero-order valence-electron chi connectivity index (χ0n) is 19.7. The molecule has 3 aromatic carbocycles. The molecule has 3 aromatic rings. The van der Waals surface area contributed by atoms with Gasteiger partial charge in [-0.3, -0.25) is 9.10 Å². The van der Waals surface area contributed by atoms with Crippen LogP contribution in [0.1, 0.15) is 43.0 Å². The van der Waals surface area contributed by atoms with E-state index in [0.717, 1.165) is 23.1 Å². The molecule has 0 saturated carbocycles. The molecule has 0 aliphatic carbocycles. The van der Waals surface area contributed by atoms with Crippen LogP contribution in [0.4, 0.5) is 5.69 Å². The summed E-state index contributed by atoms with van der Waals surface area (Å²) in [5.74, 6) is 0.0164. The molecule has 1 atom stereocenters. The second-order valence-corrected chi connectivity index (χ2v) is 10.6. The predicted octanol–water partition coefficient (Wildman–Crippen LogP) is 5.40. The van der Waals surface area contributed by atoms with Gasteiger partial charge in [-0.05, 0) is 55.5 Å². The molecule has 0 fully saturated rings. The van der Waals surface area contributed by atoms with E-state index in [4.69, 9.17) is 0 Å². The number of anilines is 1. The first kappa shape index (κ1) is 24.5. The number of benzene rings is 3. The summed E-state index contributed by atoms with van der Waals surface area (Å²) in [7, 11) is -3.94. The summed E-state index contributed by atoms with van der Waals surface area (Å²) in [5.41, 5.74) is 3.24. The smallest absolute Gasteiger partial charge is 0.264 e. The van der Waals surface area contributed by atoms with E-state index >= 15 is 0 Å². The molecule has 0 spiro atoms. The van der Waals surface area contributed by atoms with E-state index in [1.165, 1.54) is 4.31 Å². The Labute approximate surface area is 197 Å². The molecule has 0 aromatic heterocycles. The highest BCUT2D eigenvalue weighted by Gasteiger charge is 2.29. The van der Waals surface area contributed by atoms with Crippen LogP contribution in [0.2, 0.25) is 0 Å². The minimum Gasteiger partial charge on any atom is -0.348 e. The summed E-state index contributed by atoms with van der Waals surface area (Å²) in [6.45, 7) is 7.65. The topological polar surface area (TPSA) is 66.5 Å². The van der Waals surface area contributed by atoms with Crippen molar-refractivity contribution < 1.29 is 13.2 Å². The predicted molar refractivity (Wildman–Crippen MR) is 134 cm³/mol. The fourth-order valence-corrected chi connectivity index (χ4v) is 5.27. The zero-order chi connectivity index (χ0) is 24.0. The van der Waals surface area contributed by atoms with Crippen LogP contribution >= 0.6 is 0 Å². The molecule has 0 aliphatic rings. The van der Waals surface area contributed by atoms with Crippen molar-refractivity contribution in [2.45, 2.75) is 45.1 Å². The Morgan fingerprint density at radius 3 is 2.09 bits per heavy atom. The highest BCUT2D eigenvalue weighted by atomic mass is 32.2. The van der Waals surface area contributed by atoms with Crippen molar-refractivity contribution in [2.24, 2.45) is 5.92 Å². The van der Waals surface area contributed by atoms with E-state index in [9.17, 15) is 13.2 Å². The summed E-state index contributed by atoms with van der Waals surface area (Å²) in [6.07, 6.45) is 0.755. The van der Waals surface area contributed by atoms with Crippen LogP contribution in [-0.4, -0.2) is 20.9 Å². The van der Waals surface area contributed by atoms with Gasteiger partial charge < -0.3 is 5.32 Å². The summed E-state index contributed by atoms with van der Waals surface area (Å²) < 4.78 is 28.4. The molecule has 5 nitrogen and oxygen atoms in total. The molecule has 1 N–H and O–H groups in total. The number of carbonyl (C=O) groups is 1. The number of carbonyl (C=O) groups excluding carboxylic acids is 1. The standard InChI is InChI=1S/C27H32N2O3S/c1-20(2)18-25(23-11-6-5-7-12-23)28-27(30)19-29(26-13-9-8-10-22(26)4)33(31,32)24-16-14-21(3)15-17-24/h5-17,20,25H,18-19H2,1-4H3,(H,28,30)/t25-/m0/s1. The van der Waals surface area contributed by atoms with E-state index in [-0.39, 0.29) is 23.4 Å². The Morgan fingerprint density at radius 2 is 1.48 bits per heavy atom. The molecule has 33 heavy (non-hydrogen) atoms. The van der Waals surface area contributed by atoms with Crippen LogP contribution in [0.5, 0.6) is 0 Å². The largest absolute Gasteiger partial charge is 0.348 e. The second-order valence-electron chi connectivity index (χ2n) is 8.77. The Morgan fingerprint density at radius 1 is 0.879 bits per heavy atom. The van der Waals surface area contributed by atoms with Crippen molar-refractivity contribution >= 4 is 21.6 Å². The van der Waals surface area contributed by atoms with Gasteiger partial charge in [-0.2, -0.15) is 0 Å². The van der Waals surface area contributed by atoms with E-state index < -0.39 is 10.0 Å². The maximum absolute atomic E-state index is 13.6. The molecule has 0 unspecified atom stereocenters. The lowest BCUT2D eigenvalue weighted by molar-refractivity contribution is -0.120. The Bertz CT molecular complexity index is 1170. The van der Waals surface area contributed by atoms with Gasteiger partial charge in [0.25, 0.3) is 10.0 Å². The Kier molecular flexibility index (Phi) is 7.92. The van der Waals surface area contributed by atoms with E-state index in [1.54, 1.807) is 36.4 Å². The number of nitrogens with zero attached hydrogens (tertiary/aromatic N) is 1. The van der Waals surface area contributed by atoms with Gasteiger partial charge in [0.15, 0.2) is 0 Å². The molecule has 0 aliphatic heterocycles. The van der Waals surface area contributed by atoms with Gasteiger partial charge in [0.2, 0.25) is 5.91 Å². The number of amides is 1. The highest BCUT2D eigenvalue weighted by molar-refractivity contribution is 7.92. The minimum absolute atomic E-state index is 0.158. The molecule has 174 valence electrons. The average Bonchev–Trinajstić information content (AvgIpc) is 2.78. The first-order chi connectivity index (χ1) is 15.7. The van der Waals surface area contributed by atoms with Crippen LogP contribution in [0.15, 0.2) is 83.8 Å². The van der Waals surface area contributed by atoms with E-state index in [0.29, 0.717) is 11.6 Å². The van der Waals surface area contributed by atoms with Crippen LogP contribution in [-0.2, 0) is 14.8 Å². The lowest BCUT2D eigenvalue weighted by Gasteiger charge is -2.27. The summed E-state index contributed by atoms with van der Waals surface area (Å²) in [6, 6.07) is 23.5. The molecule has 0 saturated heterocycles. The third-order valence-corrected chi connectivity index (χ3v) is 7.30. The first-order valence-electron chi connectivity index (χ1n) is 11.2. The van der Waals surface area contributed by atoms with Gasteiger partial charge in [0.05, 0.1) is 16.6 Å². The lowest BCUT2D eigenvalue weighted by atomic mass is 9.97. The quantitative estimate of drug-likeness (QED) is 0.461. The summed E-state index contributed by atoms with van der Waals surface area (Å²) in [4.78, 5) is 13.4. The number of aryl methyl sites for hydroxylation is 2. The third kappa shape index (κ3) is 6.23. The second kappa shape index (κ2) is 10.7. The van der Waals surface area contributed by atoms with Crippen LogP contribution in [0.3, 0.4) is 0 Å². The first-order valence-corrected chi connectivity index (χ1v) is 12.6. The molecule has 6 heteroatoms. The van der Waals surface area contributed by atoms with Crippen molar-refractivity contribution in [3.05, 3.63) is 95.6 Å². The molecule has 0 heterocycles. The van der Waals surface area contributed by atoms with Gasteiger partial charge in [-0.25, -0.2) is 8.42 Å². The van der Waals surface area contributed by atoms with Crippen molar-refractivity contribution in [1.82, 2.24) is 5.32 Å². The maximum Gasteiger partial charge on any atom is 0.264 e. The Hall–Kier alpha value is -3.12. The normalized spacial score (nSPS) is 12.4. The number of rotatable bonds is 9. The number of sulfonamides is 1. The summed E-state index contributed by atoms with van der Waals surface area (Å²) in [5, 5.41) is 3.07. The van der Waals surface area contributed by atoms with Gasteiger partial charge in [-0.15, -0.1) is 0 Å². The SMILES string of the molecule is Cc1ccc(S(=O)(=O)N(CC(=O)N[C@@H](CC(C)C)c2ccccc2)c2ccccc2C)cc1. The fourth-order valence-electron chi connectivity index (χ4n) is 3.79. The lowest BCUT2D eigenvalue weighted by Crippen LogP contribution is -2.42. The van der Waals surface area contributed by atoms with Gasteiger partial charge in [0, 0.05) is 0 Å². The molecular formula is C27H32N2O3S. The number of nitrogens with one attached hydrogen (secondary N) is 1. The molecule has 1 amide bonds. The Balaban J connectivity index is 1.94. The van der Waals surface area contributed by atoms with Crippen molar-refractivity contribution in [1.29, 1.82) is 0 Å². The third-order valence-electron chi connectivity index (χ3n) is 5.52. The zero-order valence-corrected chi connectivity index (χ0v) is 20.5. The van der Waals surface area contributed by atoms with Gasteiger partial charge >= 0.3 is 0 Å². The molecular weight excluding hydrogens is 432 g/mol. The molecule has 0 radical (unpaired) electrons. The highest BCUT2D eigenvalue weighted by Crippen LogP contribution is 2.27. The van der Waals surface area contributed by atoms with Gasteiger partial charge in [-0.1, -0.05) is 80.1 Å². The number of hydrogen-bond acceptors (Lipinski definition) is 3. The molecule has 3 rings (SSSR count). The van der Waals surface area contributed by atoms with E-state index in [2.05, 4.69) is 19.2 Å². The van der Waals surface area contributed by atoms with Crippen molar-refractivity contribution in [3.8, 4) is 0 Å². The minimum atomic E-state index is -3.94. The number of para-hydroxylation sites is 1. The monoisotopic (exact) mass is 464 g/mol. The van der Waals surface area contributed by atoms with Crippen molar-refractivity contribution in [3.63, 3.8) is 0 Å². The fraction of sp³-hybridized carbons (Fsp3) is 0.296. The summed E-state index contributed by atoms with van der Waals surface area (Å²) >= 11 is 0. The van der Waals surface area contributed by atoms with Crippen LogP contribution in [0.25, 0.3) is 0 Å².